The first-order valence-corrected chi connectivity index (χ1v) is 13.8. The van der Waals surface area contributed by atoms with Crippen LogP contribution in [0.1, 0.15) is 94.5 Å². The van der Waals surface area contributed by atoms with Crippen LogP contribution >= 0.6 is 0 Å². The number of hydrogen-bond acceptors (Lipinski definition) is 4. The maximum atomic E-state index is 12.3. The molecule has 35 heavy (non-hydrogen) atoms. The molecule has 0 spiro atoms. The molecule has 4 saturated carbocycles. The Bertz CT molecular complexity index is 1030. The number of fused-ring (bicyclic) bond motifs is 5. The Hall–Kier alpha value is -2.12. The Balaban J connectivity index is 1.25. The zero-order valence-corrected chi connectivity index (χ0v) is 21.5. The van der Waals surface area contributed by atoms with Crippen molar-refractivity contribution >= 4 is 11.8 Å². The van der Waals surface area contributed by atoms with Crippen LogP contribution < -0.4 is 0 Å². The molecule has 0 aromatic heterocycles. The fourth-order valence-electron chi connectivity index (χ4n) is 8.75. The summed E-state index contributed by atoms with van der Waals surface area (Å²) in [4.78, 5) is 24.2. The lowest BCUT2D eigenvalue weighted by molar-refractivity contribution is -0.129. The first kappa shape index (κ1) is 24.6. The van der Waals surface area contributed by atoms with Gasteiger partial charge in [-0.15, -0.1) is 0 Å². The van der Waals surface area contributed by atoms with E-state index in [1.165, 1.54) is 32.1 Å². The standard InChI is InChI=1S/C31H40O4/c1-4-35-29(33)22-7-5-21(6-8-22)13-17-31(34)18-15-24-23(19-31)9-10-26-25(24)14-16-30(3)27(20(2)32)11-12-28(26)30/h5-8,23-28,34H,4,9-12,14-16,18-19H2,1-3H3/t23-,24+,25?,26?,27-,28?,30-,31-/m1/s1. The molecule has 0 heterocycles. The monoisotopic (exact) mass is 476 g/mol. The second kappa shape index (κ2) is 9.40. The van der Waals surface area contributed by atoms with Crippen LogP contribution in [0.4, 0.5) is 0 Å². The van der Waals surface area contributed by atoms with Crippen molar-refractivity contribution in [3.8, 4) is 11.8 Å². The molecule has 4 aliphatic rings. The van der Waals surface area contributed by atoms with Gasteiger partial charge in [0.25, 0.3) is 0 Å². The van der Waals surface area contributed by atoms with Crippen LogP contribution in [0.2, 0.25) is 0 Å². The van der Waals surface area contributed by atoms with Crippen LogP contribution in [0.15, 0.2) is 24.3 Å². The van der Waals surface area contributed by atoms with Crippen molar-refractivity contribution in [2.45, 2.75) is 84.2 Å². The molecule has 1 aromatic rings. The number of carbonyl (C=O) groups excluding carboxylic acids is 2. The van der Waals surface area contributed by atoms with Crippen LogP contribution in [-0.2, 0) is 9.53 Å². The number of ether oxygens (including phenoxy) is 1. The molecule has 4 aliphatic carbocycles. The van der Waals surface area contributed by atoms with Gasteiger partial charge in [0.05, 0.1) is 12.2 Å². The highest BCUT2D eigenvalue weighted by Gasteiger charge is 2.58. The van der Waals surface area contributed by atoms with Crippen molar-refractivity contribution in [1.82, 2.24) is 0 Å². The minimum atomic E-state index is -0.927. The van der Waals surface area contributed by atoms with Gasteiger partial charge in [0.2, 0.25) is 0 Å². The fourth-order valence-corrected chi connectivity index (χ4v) is 8.75. The number of Topliss-reactive ketones (excluding diaryl/α,β-unsaturated/α-hetero) is 1. The number of ketones is 1. The third kappa shape index (κ3) is 4.46. The van der Waals surface area contributed by atoms with Gasteiger partial charge in [-0.2, -0.15) is 0 Å². The first-order chi connectivity index (χ1) is 16.7. The largest absolute Gasteiger partial charge is 0.462 e. The molecule has 0 radical (unpaired) electrons. The summed E-state index contributed by atoms with van der Waals surface area (Å²) in [5.74, 6) is 10.2. The van der Waals surface area contributed by atoms with E-state index >= 15 is 0 Å². The van der Waals surface area contributed by atoms with E-state index in [2.05, 4.69) is 18.8 Å². The Morgan fingerprint density at radius 2 is 1.74 bits per heavy atom. The van der Waals surface area contributed by atoms with Gasteiger partial charge >= 0.3 is 5.97 Å². The van der Waals surface area contributed by atoms with E-state index in [-0.39, 0.29) is 17.3 Å². The number of benzene rings is 1. The molecule has 188 valence electrons. The Kier molecular flexibility index (Phi) is 6.60. The van der Waals surface area contributed by atoms with Gasteiger partial charge in [-0.25, -0.2) is 4.79 Å². The van der Waals surface area contributed by atoms with E-state index in [1.54, 1.807) is 26.0 Å². The molecule has 0 aliphatic heterocycles. The summed E-state index contributed by atoms with van der Waals surface area (Å²) < 4.78 is 5.04. The second-order valence-corrected chi connectivity index (χ2v) is 12.0. The van der Waals surface area contributed by atoms with Crippen LogP contribution in [0.5, 0.6) is 0 Å². The van der Waals surface area contributed by atoms with Gasteiger partial charge in [-0.3, -0.25) is 4.79 Å². The van der Waals surface area contributed by atoms with E-state index in [4.69, 9.17) is 4.74 Å². The van der Waals surface area contributed by atoms with Crippen LogP contribution in [0.3, 0.4) is 0 Å². The van der Waals surface area contributed by atoms with Crippen molar-refractivity contribution in [3.63, 3.8) is 0 Å². The Morgan fingerprint density at radius 3 is 2.46 bits per heavy atom. The van der Waals surface area contributed by atoms with Crippen LogP contribution in [-0.4, -0.2) is 29.1 Å². The molecule has 3 unspecified atom stereocenters. The molecular weight excluding hydrogens is 436 g/mol. The molecule has 0 saturated heterocycles. The third-order valence-electron chi connectivity index (χ3n) is 10.3. The lowest BCUT2D eigenvalue weighted by Crippen LogP contribution is -2.51. The fraction of sp³-hybridized carbons (Fsp3) is 0.677. The van der Waals surface area contributed by atoms with Crippen molar-refractivity contribution in [3.05, 3.63) is 35.4 Å². The molecule has 0 bridgehead atoms. The summed E-state index contributed by atoms with van der Waals surface area (Å²) in [7, 11) is 0. The maximum absolute atomic E-state index is 12.3. The number of hydrogen-bond donors (Lipinski definition) is 1. The number of aliphatic hydroxyl groups is 1. The highest BCUT2D eigenvalue weighted by atomic mass is 16.5. The quantitative estimate of drug-likeness (QED) is 0.442. The Morgan fingerprint density at radius 1 is 1.00 bits per heavy atom. The van der Waals surface area contributed by atoms with E-state index in [9.17, 15) is 14.7 Å². The average Bonchev–Trinajstić information content (AvgIpc) is 3.20. The minimum absolute atomic E-state index is 0.212. The molecular formula is C31H40O4. The molecule has 4 heteroatoms. The van der Waals surface area contributed by atoms with Gasteiger partial charge < -0.3 is 9.84 Å². The normalized spacial score (nSPS) is 39.9. The maximum Gasteiger partial charge on any atom is 0.338 e. The molecule has 4 fully saturated rings. The smallest absolute Gasteiger partial charge is 0.338 e. The lowest BCUT2D eigenvalue weighted by atomic mass is 9.49. The summed E-state index contributed by atoms with van der Waals surface area (Å²) in [6.45, 7) is 6.37. The first-order valence-electron chi connectivity index (χ1n) is 13.8. The molecule has 1 N–H and O–H groups in total. The average molecular weight is 477 g/mol. The van der Waals surface area contributed by atoms with Gasteiger partial charge in [0.15, 0.2) is 0 Å². The van der Waals surface area contributed by atoms with E-state index < -0.39 is 5.60 Å². The second-order valence-electron chi connectivity index (χ2n) is 12.0. The van der Waals surface area contributed by atoms with E-state index in [0.717, 1.165) is 43.1 Å². The van der Waals surface area contributed by atoms with Gasteiger partial charge in [-0.1, -0.05) is 18.8 Å². The highest BCUT2D eigenvalue weighted by Crippen LogP contribution is 2.64. The molecule has 5 rings (SSSR count). The lowest BCUT2D eigenvalue weighted by Gasteiger charge is -2.56. The zero-order chi connectivity index (χ0) is 24.8. The summed E-state index contributed by atoms with van der Waals surface area (Å²) in [6.07, 6.45) is 9.75. The van der Waals surface area contributed by atoms with Gasteiger partial charge in [0.1, 0.15) is 11.4 Å². The van der Waals surface area contributed by atoms with E-state index in [0.29, 0.717) is 35.7 Å². The topological polar surface area (TPSA) is 63.6 Å². The SMILES string of the molecule is CCOC(=O)c1ccc(C#C[C@@]2(O)CC[C@@H]3C4CC[C@@]5(C)C(CC[C@@H]5C(C)=O)C4CC[C@@H]3C2)cc1. The summed E-state index contributed by atoms with van der Waals surface area (Å²) >= 11 is 0. The predicted octanol–water partition coefficient (Wildman–Crippen LogP) is 5.80. The highest BCUT2D eigenvalue weighted by molar-refractivity contribution is 5.89. The summed E-state index contributed by atoms with van der Waals surface area (Å²) in [5, 5.41) is 11.4. The minimum Gasteiger partial charge on any atom is -0.462 e. The zero-order valence-electron chi connectivity index (χ0n) is 21.5. The predicted molar refractivity (Wildman–Crippen MR) is 136 cm³/mol. The van der Waals surface area contributed by atoms with Crippen molar-refractivity contribution in [2.75, 3.05) is 6.61 Å². The molecule has 8 atom stereocenters. The molecule has 4 nitrogen and oxygen atoms in total. The summed E-state index contributed by atoms with van der Waals surface area (Å²) in [6, 6.07) is 7.13. The number of esters is 1. The number of carbonyl (C=O) groups is 2. The van der Waals surface area contributed by atoms with Gasteiger partial charge in [-0.05, 0) is 131 Å². The third-order valence-corrected chi connectivity index (χ3v) is 10.3. The Labute approximate surface area is 210 Å². The van der Waals surface area contributed by atoms with Crippen molar-refractivity contribution in [2.24, 2.45) is 40.9 Å². The van der Waals surface area contributed by atoms with Crippen LogP contribution in [0, 0.1) is 52.8 Å². The van der Waals surface area contributed by atoms with E-state index in [1.807, 2.05) is 12.1 Å². The summed E-state index contributed by atoms with van der Waals surface area (Å²) in [5.41, 5.74) is 0.618. The van der Waals surface area contributed by atoms with Gasteiger partial charge in [0, 0.05) is 11.5 Å². The van der Waals surface area contributed by atoms with Crippen molar-refractivity contribution < 1.29 is 19.4 Å². The number of rotatable bonds is 3. The van der Waals surface area contributed by atoms with Crippen molar-refractivity contribution in [1.29, 1.82) is 0 Å². The molecule has 0 amide bonds. The molecule has 1 aromatic carbocycles. The van der Waals surface area contributed by atoms with Crippen LogP contribution in [0.25, 0.3) is 0 Å².